The van der Waals surface area contributed by atoms with Crippen molar-refractivity contribution in [2.45, 2.75) is 32.3 Å². The largest absolute Gasteiger partial charge is 0.383 e. The van der Waals surface area contributed by atoms with Crippen LogP contribution in [0.2, 0.25) is 0 Å². The van der Waals surface area contributed by atoms with E-state index >= 15 is 0 Å². The molecule has 1 heterocycles. The fraction of sp³-hybridized carbons (Fsp3) is 0.778. The van der Waals surface area contributed by atoms with Crippen LogP contribution in [0.15, 0.2) is 11.6 Å². The molecule has 0 radical (unpaired) electrons. The van der Waals surface area contributed by atoms with Gasteiger partial charge in [-0.1, -0.05) is 13.8 Å². The second-order valence-electron chi connectivity index (χ2n) is 3.11. The first-order valence-electron chi connectivity index (χ1n) is 4.21. The third kappa shape index (κ3) is 2.04. The van der Waals surface area contributed by atoms with Crippen molar-refractivity contribution < 1.29 is 9.84 Å². The van der Waals surface area contributed by atoms with Gasteiger partial charge in [-0.05, 0) is 24.5 Å². The van der Waals surface area contributed by atoms with E-state index in [0.29, 0.717) is 13.2 Å². The predicted octanol–water partition coefficient (Wildman–Crippen LogP) is 1.49. The van der Waals surface area contributed by atoms with E-state index in [2.05, 4.69) is 6.92 Å². The summed E-state index contributed by atoms with van der Waals surface area (Å²) < 4.78 is 5.26. The lowest BCUT2D eigenvalue weighted by Gasteiger charge is -2.28. The zero-order chi connectivity index (χ0) is 8.32. The molecule has 0 fully saturated rings. The van der Waals surface area contributed by atoms with Gasteiger partial charge in [0, 0.05) is 0 Å². The molecule has 0 aliphatic carbocycles. The SMILES string of the molecule is CCC1=CC(O)(CC)COC1. The highest BCUT2D eigenvalue weighted by Crippen LogP contribution is 2.21. The van der Waals surface area contributed by atoms with Crippen molar-refractivity contribution in [1.29, 1.82) is 0 Å². The number of rotatable bonds is 2. The second kappa shape index (κ2) is 3.37. The average molecular weight is 156 g/mol. The minimum atomic E-state index is -0.691. The minimum absolute atomic E-state index is 0.451. The number of ether oxygens (including phenoxy) is 1. The Morgan fingerprint density at radius 2 is 2.36 bits per heavy atom. The smallest absolute Gasteiger partial charge is 0.106 e. The third-order valence-corrected chi connectivity index (χ3v) is 2.18. The molecule has 1 aliphatic heterocycles. The van der Waals surface area contributed by atoms with E-state index in [1.54, 1.807) is 0 Å². The zero-order valence-electron chi connectivity index (χ0n) is 7.26. The molecule has 0 spiro atoms. The third-order valence-electron chi connectivity index (χ3n) is 2.18. The lowest BCUT2D eigenvalue weighted by molar-refractivity contribution is -0.0226. The molecule has 2 nitrogen and oxygen atoms in total. The summed E-state index contributed by atoms with van der Waals surface area (Å²) in [7, 11) is 0. The molecule has 1 aliphatic rings. The van der Waals surface area contributed by atoms with Gasteiger partial charge in [0.2, 0.25) is 0 Å². The summed E-state index contributed by atoms with van der Waals surface area (Å²) in [6.07, 6.45) is 3.66. The van der Waals surface area contributed by atoms with Crippen molar-refractivity contribution in [3.8, 4) is 0 Å². The van der Waals surface area contributed by atoms with Gasteiger partial charge in [-0.2, -0.15) is 0 Å². The van der Waals surface area contributed by atoms with Crippen LogP contribution < -0.4 is 0 Å². The molecule has 11 heavy (non-hydrogen) atoms. The highest BCUT2D eigenvalue weighted by molar-refractivity contribution is 5.13. The number of aliphatic hydroxyl groups is 1. The first-order chi connectivity index (χ1) is 5.20. The Morgan fingerprint density at radius 3 is 2.91 bits per heavy atom. The van der Waals surface area contributed by atoms with Gasteiger partial charge < -0.3 is 9.84 Å². The van der Waals surface area contributed by atoms with E-state index < -0.39 is 5.60 Å². The van der Waals surface area contributed by atoms with Gasteiger partial charge in [0.05, 0.1) is 13.2 Å². The molecule has 0 saturated heterocycles. The van der Waals surface area contributed by atoms with Gasteiger partial charge in [0.1, 0.15) is 5.60 Å². The fourth-order valence-electron chi connectivity index (χ4n) is 1.23. The Kier molecular flexibility index (Phi) is 2.68. The highest BCUT2D eigenvalue weighted by Gasteiger charge is 2.25. The maximum absolute atomic E-state index is 9.78. The van der Waals surface area contributed by atoms with Gasteiger partial charge >= 0.3 is 0 Å². The summed E-state index contributed by atoms with van der Waals surface area (Å²) in [6, 6.07) is 0. The Hall–Kier alpha value is -0.340. The lowest BCUT2D eigenvalue weighted by Crippen LogP contribution is -2.35. The lowest BCUT2D eigenvalue weighted by atomic mass is 9.96. The molecule has 64 valence electrons. The summed E-state index contributed by atoms with van der Waals surface area (Å²) >= 11 is 0. The average Bonchev–Trinajstić information content (AvgIpc) is 2.05. The molecule has 0 aromatic heterocycles. The van der Waals surface area contributed by atoms with Crippen LogP contribution >= 0.6 is 0 Å². The molecule has 0 saturated carbocycles. The van der Waals surface area contributed by atoms with Crippen molar-refractivity contribution in [2.75, 3.05) is 13.2 Å². The fourth-order valence-corrected chi connectivity index (χ4v) is 1.23. The van der Waals surface area contributed by atoms with E-state index in [0.717, 1.165) is 12.8 Å². The van der Waals surface area contributed by atoms with Crippen LogP contribution in [0.4, 0.5) is 0 Å². The molecular formula is C9H16O2. The molecular weight excluding hydrogens is 140 g/mol. The number of hydrogen-bond donors (Lipinski definition) is 1. The van der Waals surface area contributed by atoms with Crippen molar-refractivity contribution in [3.63, 3.8) is 0 Å². The standard InChI is InChI=1S/C9H16O2/c1-3-8-5-9(10,4-2)7-11-6-8/h5,10H,3-4,6-7H2,1-2H3. The van der Waals surface area contributed by atoms with Crippen LogP contribution in [-0.2, 0) is 4.74 Å². The van der Waals surface area contributed by atoms with Crippen LogP contribution in [0.1, 0.15) is 26.7 Å². The van der Waals surface area contributed by atoms with Crippen LogP contribution in [-0.4, -0.2) is 23.9 Å². The normalized spacial score (nSPS) is 31.7. The van der Waals surface area contributed by atoms with Crippen LogP contribution in [0, 0.1) is 0 Å². The molecule has 1 atom stereocenters. The monoisotopic (exact) mass is 156 g/mol. The topological polar surface area (TPSA) is 29.5 Å². The molecule has 1 unspecified atom stereocenters. The van der Waals surface area contributed by atoms with Crippen LogP contribution in [0.3, 0.4) is 0 Å². The summed E-state index contributed by atoms with van der Waals surface area (Å²) in [5.74, 6) is 0. The van der Waals surface area contributed by atoms with E-state index in [9.17, 15) is 5.11 Å². The van der Waals surface area contributed by atoms with Crippen molar-refractivity contribution in [2.24, 2.45) is 0 Å². The summed E-state index contributed by atoms with van der Waals surface area (Å²) in [5, 5.41) is 9.78. The van der Waals surface area contributed by atoms with Gasteiger partial charge in [-0.3, -0.25) is 0 Å². The number of hydrogen-bond acceptors (Lipinski definition) is 2. The second-order valence-corrected chi connectivity index (χ2v) is 3.11. The molecule has 2 heteroatoms. The summed E-state index contributed by atoms with van der Waals surface area (Å²) in [4.78, 5) is 0. The van der Waals surface area contributed by atoms with Gasteiger partial charge in [0.25, 0.3) is 0 Å². The Labute approximate surface area is 67.9 Å². The molecule has 0 aromatic carbocycles. The van der Waals surface area contributed by atoms with E-state index in [1.807, 2.05) is 13.0 Å². The minimum Gasteiger partial charge on any atom is -0.383 e. The molecule has 1 rings (SSSR count). The van der Waals surface area contributed by atoms with E-state index in [-0.39, 0.29) is 0 Å². The Balaban J connectivity index is 2.69. The Bertz CT molecular complexity index is 163. The van der Waals surface area contributed by atoms with Gasteiger partial charge in [-0.25, -0.2) is 0 Å². The Morgan fingerprint density at radius 1 is 1.64 bits per heavy atom. The first-order valence-corrected chi connectivity index (χ1v) is 4.21. The quantitative estimate of drug-likeness (QED) is 0.614. The first kappa shape index (κ1) is 8.75. The van der Waals surface area contributed by atoms with Crippen LogP contribution in [0.5, 0.6) is 0 Å². The maximum Gasteiger partial charge on any atom is 0.106 e. The van der Waals surface area contributed by atoms with Crippen molar-refractivity contribution >= 4 is 0 Å². The summed E-state index contributed by atoms with van der Waals surface area (Å²) in [5.41, 5.74) is 0.518. The highest BCUT2D eigenvalue weighted by atomic mass is 16.5. The molecule has 0 aromatic rings. The van der Waals surface area contributed by atoms with E-state index in [1.165, 1.54) is 5.57 Å². The van der Waals surface area contributed by atoms with Crippen molar-refractivity contribution in [3.05, 3.63) is 11.6 Å². The zero-order valence-corrected chi connectivity index (χ0v) is 7.26. The van der Waals surface area contributed by atoms with Gasteiger partial charge in [0.15, 0.2) is 0 Å². The predicted molar refractivity (Wildman–Crippen MR) is 44.4 cm³/mol. The van der Waals surface area contributed by atoms with Gasteiger partial charge in [-0.15, -0.1) is 0 Å². The van der Waals surface area contributed by atoms with E-state index in [4.69, 9.17) is 4.74 Å². The maximum atomic E-state index is 9.78. The molecule has 1 N–H and O–H groups in total. The summed E-state index contributed by atoms with van der Waals surface area (Å²) in [6.45, 7) is 5.20. The molecule has 0 bridgehead atoms. The molecule has 0 amide bonds. The van der Waals surface area contributed by atoms with Crippen molar-refractivity contribution in [1.82, 2.24) is 0 Å². The van der Waals surface area contributed by atoms with Crippen LogP contribution in [0.25, 0.3) is 0 Å².